The molecule has 0 aliphatic heterocycles. The summed E-state index contributed by atoms with van der Waals surface area (Å²) in [5, 5.41) is 9.50. The first-order chi connectivity index (χ1) is 10.2. The van der Waals surface area contributed by atoms with Crippen molar-refractivity contribution in [1.82, 2.24) is 0 Å². The van der Waals surface area contributed by atoms with Gasteiger partial charge in [-0.2, -0.15) is 0 Å². The van der Waals surface area contributed by atoms with Gasteiger partial charge in [0.05, 0.1) is 13.7 Å². The molecule has 0 bridgehead atoms. The molecule has 2 rings (SSSR count). The van der Waals surface area contributed by atoms with Gasteiger partial charge >= 0.3 is 0 Å². The highest BCUT2D eigenvalue weighted by atomic mass is 16.5. The van der Waals surface area contributed by atoms with Crippen LogP contribution in [0.15, 0.2) is 49.6 Å². The van der Waals surface area contributed by atoms with Crippen LogP contribution in [0.25, 0.3) is 12.2 Å². The molecule has 21 heavy (non-hydrogen) atoms. The van der Waals surface area contributed by atoms with Crippen molar-refractivity contribution in [2.75, 3.05) is 7.11 Å². The molecule has 0 fully saturated rings. The van der Waals surface area contributed by atoms with E-state index < -0.39 is 0 Å². The summed E-state index contributed by atoms with van der Waals surface area (Å²) in [5.74, 6) is 1.88. The zero-order valence-corrected chi connectivity index (χ0v) is 12.0. The molecule has 0 saturated carbocycles. The molecule has 108 valence electrons. The molecular weight excluding hydrogens is 264 g/mol. The molecule has 0 saturated heterocycles. The third kappa shape index (κ3) is 3.15. The molecule has 3 nitrogen and oxygen atoms in total. The SMILES string of the molecule is C=Cc1cc(Oc2ccccc2OC)cc(CO)c1C=C. The predicted octanol–water partition coefficient (Wildman–Crippen LogP) is 4.27. The standard InChI is InChI=1S/C18H18O3/c1-4-13-10-15(11-14(12-19)16(13)5-2)21-18-9-7-6-8-17(18)20-3/h4-11,19H,1-2,12H2,3H3. The van der Waals surface area contributed by atoms with Crippen molar-refractivity contribution < 1.29 is 14.6 Å². The summed E-state index contributed by atoms with van der Waals surface area (Å²) in [4.78, 5) is 0. The molecule has 1 N–H and O–H groups in total. The third-order valence-electron chi connectivity index (χ3n) is 3.16. The molecule has 0 atom stereocenters. The summed E-state index contributed by atoms with van der Waals surface area (Å²) in [6.45, 7) is 7.46. The van der Waals surface area contributed by atoms with Gasteiger partial charge in [-0.05, 0) is 41.0 Å². The Morgan fingerprint density at radius 2 is 1.81 bits per heavy atom. The maximum absolute atomic E-state index is 9.50. The molecule has 2 aromatic carbocycles. The summed E-state index contributed by atoms with van der Waals surface area (Å²) in [6, 6.07) is 11.0. The first kappa shape index (κ1) is 14.9. The lowest BCUT2D eigenvalue weighted by Crippen LogP contribution is -1.96. The number of methoxy groups -OCH3 is 1. The number of para-hydroxylation sites is 2. The second kappa shape index (κ2) is 6.77. The molecule has 0 heterocycles. The number of ether oxygens (including phenoxy) is 2. The fraction of sp³-hybridized carbons (Fsp3) is 0.111. The molecule has 0 aliphatic rings. The Hall–Kier alpha value is -2.52. The van der Waals surface area contributed by atoms with Gasteiger partial charge < -0.3 is 14.6 Å². The predicted molar refractivity (Wildman–Crippen MR) is 85.6 cm³/mol. The van der Waals surface area contributed by atoms with E-state index >= 15 is 0 Å². The first-order valence-corrected chi connectivity index (χ1v) is 6.57. The van der Waals surface area contributed by atoms with Gasteiger partial charge in [0, 0.05) is 0 Å². The van der Waals surface area contributed by atoms with E-state index in [4.69, 9.17) is 9.47 Å². The highest BCUT2D eigenvalue weighted by molar-refractivity contribution is 5.68. The summed E-state index contributed by atoms with van der Waals surface area (Å²) in [7, 11) is 1.59. The molecule has 0 aromatic heterocycles. The average molecular weight is 282 g/mol. The van der Waals surface area contributed by atoms with E-state index in [1.807, 2.05) is 30.3 Å². The van der Waals surface area contributed by atoms with Crippen molar-refractivity contribution in [1.29, 1.82) is 0 Å². The maximum atomic E-state index is 9.50. The van der Waals surface area contributed by atoms with Crippen LogP contribution in [0.4, 0.5) is 0 Å². The van der Waals surface area contributed by atoms with Crippen molar-refractivity contribution >= 4 is 12.2 Å². The van der Waals surface area contributed by atoms with E-state index in [0.29, 0.717) is 17.2 Å². The molecule has 0 spiro atoms. The molecule has 3 heteroatoms. The van der Waals surface area contributed by atoms with Gasteiger partial charge in [-0.1, -0.05) is 37.4 Å². The van der Waals surface area contributed by atoms with Crippen LogP contribution < -0.4 is 9.47 Å². The zero-order valence-electron chi connectivity index (χ0n) is 12.0. The lowest BCUT2D eigenvalue weighted by Gasteiger charge is -2.14. The fourth-order valence-electron chi connectivity index (χ4n) is 2.15. The Labute approximate surface area is 124 Å². The molecule has 0 amide bonds. The van der Waals surface area contributed by atoms with Crippen LogP contribution in [0.2, 0.25) is 0 Å². The second-order valence-electron chi connectivity index (χ2n) is 4.40. The Morgan fingerprint density at radius 3 is 2.38 bits per heavy atom. The summed E-state index contributed by atoms with van der Waals surface area (Å²) >= 11 is 0. The van der Waals surface area contributed by atoms with Crippen molar-refractivity contribution in [3.05, 3.63) is 66.2 Å². The minimum Gasteiger partial charge on any atom is -0.493 e. The molecular formula is C18H18O3. The van der Waals surface area contributed by atoms with E-state index in [1.165, 1.54) is 0 Å². The van der Waals surface area contributed by atoms with Crippen LogP contribution in [0.5, 0.6) is 17.2 Å². The minimum atomic E-state index is -0.0919. The molecule has 2 aromatic rings. The highest BCUT2D eigenvalue weighted by Crippen LogP contribution is 2.33. The highest BCUT2D eigenvalue weighted by Gasteiger charge is 2.09. The third-order valence-corrected chi connectivity index (χ3v) is 3.16. The molecule has 0 unspecified atom stereocenters. The van der Waals surface area contributed by atoms with Crippen molar-refractivity contribution in [3.8, 4) is 17.2 Å². The van der Waals surface area contributed by atoms with Gasteiger partial charge in [0.25, 0.3) is 0 Å². The Bertz CT molecular complexity index is 660. The number of hydrogen-bond acceptors (Lipinski definition) is 3. The maximum Gasteiger partial charge on any atom is 0.169 e. The number of benzene rings is 2. The largest absolute Gasteiger partial charge is 0.493 e. The van der Waals surface area contributed by atoms with Gasteiger partial charge in [-0.15, -0.1) is 0 Å². The smallest absolute Gasteiger partial charge is 0.169 e. The Morgan fingerprint density at radius 1 is 1.10 bits per heavy atom. The monoisotopic (exact) mass is 282 g/mol. The van der Waals surface area contributed by atoms with Gasteiger partial charge in [0.1, 0.15) is 5.75 Å². The number of hydrogen-bond donors (Lipinski definition) is 1. The minimum absolute atomic E-state index is 0.0919. The van der Waals surface area contributed by atoms with Gasteiger partial charge in [0.15, 0.2) is 11.5 Å². The van der Waals surface area contributed by atoms with Gasteiger partial charge in [-0.3, -0.25) is 0 Å². The normalized spacial score (nSPS) is 10.0. The van der Waals surface area contributed by atoms with Crippen LogP contribution in [-0.4, -0.2) is 12.2 Å². The number of aliphatic hydroxyl groups excluding tert-OH is 1. The van der Waals surface area contributed by atoms with Crippen molar-refractivity contribution in [3.63, 3.8) is 0 Å². The fourth-order valence-corrected chi connectivity index (χ4v) is 2.15. The van der Waals surface area contributed by atoms with Crippen LogP contribution in [-0.2, 0) is 6.61 Å². The second-order valence-corrected chi connectivity index (χ2v) is 4.40. The molecule has 0 radical (unpaired) electrons. The number of aliphatic hydroxyl groups is 1. The van der Waals surface area contributed by atoms with E-state index in [-0.39, 0.29) is 6.61 Å². The van der Waals surface area contributed by atoms with E-state index in [0.717, 1.165) is 16.7 Å². The number of rotatable bonds is 6. The summed E-state index contributed by atoms with van der Waals surface area (Å²) in [5.41, 5.74) is 2.47. The van der Waals surface area contributed by atoms with E-state index in [2.05, 4.69) is 13.2 Å². The zero-order chi connectivity index (χ0) is 15.2. The van der Waals surface area contributed by atoms with Gasteiger partial charge in [-0.25, -0.2) is 0 Å². The Kier molecular flexibility index (Phi) is 4.80. The quantitative estimate of drug-likeness (QED) is 0.860. The lowest BCUT2D eigenvalue weighted by atomic mass is 10.0. The van der Waals surface area contributed by atoms with E-state index in [1.54, 1.807) is 25.3 Å². The van der Waals surface area contributed by atoms with Crippen molar-refractivity contribution in [2.24, 2.45) is 0 Å². The first-order valence-electron chi connectivity index (χ1n) is 6.57. The summed E-state index contributed by atoms with van der Waals surface area (Å²) < 4.78 is 11.1. The lowest BCUT2D eigenvalue weighted by molar-refractivity contribution is 0.281. The van der Waals surface area contributed by atoms with Gasteiger partial charge in [0.2, 0.25) is 0 Å². The average Bonchev–Trinajstić information content (AvgIpc) is 2.54. The van der Waals surface area contributed by atoms with Crippen molar-refractivity contribution in [2.45, 2.75) is 6.61 Å². The van der Waals surface area contributed by atoms with Crippen LogP contribution in [0.3, 0.4) is 0 Å². The topological polar surface area (TPSA) is 38.7 Å². The Balaban J connectivity index is 2.45. The van der Waals surface area contributed by atoms with Crippen LogP contribution in [0, 0.1) is 0 Å². The summed E-state index contributed by atoms with van der Waals surface area (Å²) in [6.07, 6.45) is 3.42. The van der Waals surface area contributed by atoms with Crippen LogP contribution in [0.1, 0.15) is 16.7 Å². The van der Waals surface area contributed by atoms with Crippen LogP contribution >= 0.6 is 0 Å². The van der Waals surface area contributed by atoms with E-state index in [9.17, 15) is 5.11 Å². The molecule has 0 aliphatic carbocycles.